The van der Waals surface area contributed by atoms with Gasteiger partial charge in [-0.1, -0.05) is 6.07 Å². The zero-order valence-corrected chi connectivity index (χ0v) is 14.4. The van der Waals surface area contributed by atoms with E-state index in [0.717, 1.165) is 35.1 Å². The number of rotatable bonds is 3. The molecule has 1 unspecified atom stereocenters. The molecule has 0 aromatic heterocycles. The quantitative estimate of drug-likeness (QED) is 0.891. The van der Waals surface area contributed by atoms with Gasteiger partial charge in [-0.3, -0.25) is 4.79 Å². The minimum atomic E-state index is -3.73. The van der Waals surface area contributed by atoms with Gasteiger partial charge in [0.2, 0.25) is 15.9 Å². The topological polar surface area (TPSA) is 75.3 Å². The highest BCUT2D eigenvalue weighted by Gasteiger charge is 2.29. The largest absolute Gasteiger partial charge is 0.355 e. The summed E-state index contributed by atoms with van der Waals surface area (Å²) in [6, 6.07) is 1.30. The number of aryl methyl sites for hydroxylation is 2. The summed E-state index contributed by atoms with van der Waals surface area (Å²) in [5.41, 5.74) is 3.36. The number of amides is 1. The molecule has 0 spiro atoms. The van der Waals surface area contributed by atoms with Crippen molar-refractivity contribution >= 4 is 15.9 Å². The third-order valence-corrected chi connectivity index (χ3v) is 6.14. The predicted octanol–water partition coefficient (Wildman–Crippen LogP) is 1.87. The van der Waals surface area contributed by atoms with Crippen LogP contribution in [-0.4, -0.2) is 26.9 Å². The second-order valence-electron chi connectivity index (χ2n) is 6.05. The summed E-state index contributed by atoms with van der Waals surface area (Å²) < 4.78 is 28.2. The van der Waals surface area contributed by atoms with Crippen LogP contribution < -0.4 is 10.0 Å². The first kappa shape index (κ1) is 17.0. The summed E-state index contributed by atoms with van der Waals surface area (Å²) in [4.78, 5) is 12.3. The van der Waals surface area contributed by atoms with Crippen molar-refractivity contribution in [3.63, 3.8) is 0 Å². The second-order valence-corrected chi connectivity index (χ2v) is 7.70. The lowest BCUT2D eigenvalue weighted by molar-refractivity contribution is -0.122. The molecule has 0 radical (unpaired) electrons. The molecule has 22 heavy (non-hydrogen) atoms. The van der Waals surface area contributed by atoms with Crippen molar-refractivity contribution in [2.45, 2.75) is 57.9 Å². The first-order chi connectivity index (χ1) is 10.2. The molecule has 1 heterocycles. The fourth-order valence-electron chi connectivity index (χ4n) is 2.88. The van der Waals surface area contributed by atoms with Gasteiger partial charge in [-0.25, -0.2) is 8.42 Å². The van der Waals surface area contributed by atoms with Gasteiger partial charge in [0.1, 0.15) is 6.04 Å². The smallest absolute Gasteiger partial charge is 0.241 e. The van der Waals surface area contributed by atoms with E-state index in [1.54, 1.807) is 0 Å². The average Bonchev–Trinajstić information content (AvgIpc) is 2.61. The molecule has 1 fully saturated rings. The molecule has 122 valence electrons. The van der Waals surface area contributed by atoms with Crippen LogP contribution in [0.3, 0.4) is 0 Å². The number of carbonyl (C=O) groups excluding carboxylic acids is 1. The highest BCUT2D eigenvalue weighted by molar-refractivity contribution is 7.89. The summed E-state index contributed by atoms with van der Waals surface area (Å²) in [6.07, 6.45) is 2.25. The number of hydrogen-bond donors (Lipinski definition) is 2. The molecule has 1 atom stereocenters. The van der Waals surface area contributed by atoms with Crippen molar-refractivity contribution in [1.82, 2.24) is 10.0 Å². The van der Waals surface area contributed by atoms with Crippen molar-refractivity contribution in [2.75, 3.05) is 6.54 Å². The minimum absolute atomic E-state index is 0.235. The Balaban J connectivity index is 2.41. The van der Waals surface area contributed by atoms with E-state index in [-0.39, 0.29) is 5.91 Å². The molecule has 2 rings (SSSR count). The van der Waals surface area contributed by atoms with Gasteiger partial charge in [-0.05, 0) is 69.2 Å². The van der Waals surface area contributed by atoms with E-state index in [1.165, 1.54) is 0 Å². The first-order valence-electron chi connectivity index (χ1n) is 7.61. The fourth-order valence-corrected chi connectivity index (χ4v) is 4.73. The van der Waals surface area contributed by atoms with Crippen LogP contribution >= 0.6 is 0 Å². The normalized spacial score (nSPS) is 19.6. The van der Waals surface area contributed by atoms with Crippen LogP contribution in [-0.2, 0) is 14.8 Å². The molecule has 1 saturated heterocycles. The van der Waals surface area contributed by atoms with Crippen LogP contribution in [0.2, 0.25) is 0 Å². The van der Waals surface area contributed by atoms with Crippen molar-refractivity contribution in [1.29, 1.82) is 0 Å². The van der Waals surface area contributed by atoms with Crippen LogP contribution in [0, 0.1) is 27.7 Å². The van der Waals surface area contributed by atoms with Gasteiger partial charge in [-0.2, -0.15) is 4.72 Å². The lowest BCUT2D eigenvalue weighted by Gasteiger charge is -2.20. The Hall–Kier alpha value is -1.40. The number of carbonyl (C=O) groups is 1. The van der Waals surface area contributed by atoms with E-state index in [9.17, 15) is 13.2 Å². The summed E-state index contributed by atoms with van der Waals surface area (Å²) in [6.45, 7) is 8.03. The summed E-state index contributed by atoms with van der Waals surface area (Å²) >= 11 is 0. The van der Waals surface area contributed by atoms with Gasteiger partial charge in [0.25, 0.3) is 0 Å². The third kappa shape index (κ3) is 3.33. The molecule has 0 saturated carbocycles. The van der Waals surface area contributed by atoms with Crippen LogP contribution in [0.5, 0.6) is 0 Å². The van der Waals surface area contributed by atoms with Crippen LogP contribution in [0.25, 0.3) is 0 Å². The Morgan fingerprint density at radius 3 is 2.27 bits per heavy atom. The van der Waals surface area contributed by atoms with E-state index in [0.29, 0.717) is 17.9 Å². The van der Waals surface area contributed by atoms with Crippen LogP contribution in [0.1, 0.15) is 41.5 Å². The molecule has 1 aliphatic heterocycles. The average molecular weight is 324 g/mol. The van der Waals surface area contributed by atoms with Crippen molar-refractivity contribution < 1.29 is 13.2 Å². The number of sulfonamides is 1. The van der Waals surface area contributed by atoms with E-state index in [2.05, 4.69) is 10.0 Å². The lowest BCUT2D eigenvalue weighted by atomic mass is 10.0. The molecule has 1 aromatic rings. The molecule has 2 N–H and O–H groups in total. The molecule has 1 aliphatic rings. The minimum Gasteiger partial charge on any atom is -0.355 e. The van der Waals surface area contributed by atoms with Crippen LogP contribution in [0.15, 0.2) is 11.0 Å². The zero-order valence-electron chi connectivity index (χ0n) is 13.6. The van der Waals surface area contributed by atoms with Crippen molar-refractivity contribution in [2.24, 2.45) is 0 Å². The summed E-state index contributed by atoms with van der Waals surface area (Å²) in [7, 11) is -3.73. The van der Waals surface area contributed by atoms with Gasteiger partial charge >= 0.3 is 0 Å². The SMILES string of the molecule is Cc1cc(C)c(C)c(S(=O)(=O)NC2CCCCNC2=O)c1C. The molecule has 1 aromatic carbocycles. The lowest BCUT2D eigenvalue weighted by Crippen LogP contribution is -2.45. The summed E-state index contributed by atoms with van der Waals surface area (Å²) in [5, 5.41) is 2.75. The fraction of sp³-hybridized carbons (Fsp3) is 0.562. The zero-order chi connectivity index (χ0) is 16.5. The van der Waals surface area contributed by atoms with Gasteiger partial charge < -0.3 is 5.32 Å². The van der Waals surface area contributed by atoms with Crippen molar-refractivity contribution in [3.8, 4) is 0 Å². The Morgan fingerprint density at radius 1 is 1.09 bits per heavy atom. The standard InChI is InChI=1S/C16H24N2O3S/c1-10-9-11(2)13(4)15(12(10)3)22(20,21)18-14-7-5-6-8-17-16(14)19/h9,14,18H,5-8H2,1-4H3,(H,17,19). The van der Waals surface area contributed by atoms with E-state index in [1.807, 2.05) is 33.8 Å². The molecule has 0 bridgehead atoms. The maximum atomic E-state index is 12.8. The number of nitrogens with one attached hydrogen (secondary N) is 2. The maximum absolute atomic E-state index is 12.8. The van der Waals surface area contributed by atoms with Crippen LogP contribution in [0.4, 0.5) is 0 Å². The summed E-state index contributed by atoms with van der Waals surface area (Å²) in [5.74, 6) is -0.235. The third-order valence-electron chi connectivity index (χ3n) is 4.40. The monoisotopic (exact) mass is 324 g/mol. The predicted molar refractivity (Wildman–Crippen MR) is 86.4 cm³/mol. The molecule has 6 heteroatoms. The van der Waals surface area contributed by atoms with E-state index < -0.39 is 16.1 Å². The molecule has 1 amide bonds. The van der Waals surface area contributed by atoms with Gasteiger partial charge in [0, 0.05) is 6.54 Å². The van der Waals surface area contributed by atoms with Gasteiger partial charge in [0.15, 0.2) is 0 Å². The van der Waals surface area contributed by atoms with Crippen molar-refractivity contribution in [3.05, 3.63) is 28.3 Å². The Kier molecular flexibility index (Phi) is 4.92. The Bertz CT molecular complexity index is 670. The van der Waals surface area contributed by atoms with Gasteiger partial charge in [-0.15, -0.1) is 0 Å². The van der Waals surface area contributed by atoms with Gasteiger partial charge in [0.05, 0.1) is 4.90 Å². The molecule has 5 nitrogen and oxygen atoms in total. The van der Waals surface area contributed by atoms with E-state index >= 15 is 0 Å². The van der Waals surface area contributed by atoms with E-state index in [4.69, 9.17) is 0 Å². The highest BCUT2D eigenvalue weighted by atomic mass is 32.2. The second kappa shape index (κ2) is 6.38. The molecule has 0 aliphatic carbocycles. The number of hydrogen-bond acceptors (Lipinski definition) is 3. The first-order valence-corrected chi connectivity index (χ1v) is 9.10. The number of benzene rings is 1. The molecular weight excluding hydrogens is 300 g/mol. The maximum Gasteiger partial charge on any atom is 0.241 e. The Morgan fingerprint density at radius 2 is 1.68 bits per heavy atom. The highest BCUT2D eigenvalue weighted by Crippen LogP contribution is 2.26. The Labute approximate surface area is 132 Å². The molecular formula is C16H24N2O3S.